The van der Waals surface area contributed by atoms with Crippen LogP contribution in [0, 0.1) is 5.92 Å². The van der Waals surface area contributed by atoms with Crippen LogP contribution in [-0.2, 0) is 4.79 Å². The Kier molecular flexibility index (Phi) is 5.75. The second-order valence-corrected chi connectivity index (χ2v) is 9.99. The number of hydrogen-bond donors (Lipinski definition) is 2. The van der Waals surface area contributed by atoms with Gasteiger partial charge in [0.2, 0.25) is 5.91 Å². The molecule has 3 aliphatic rings. The van der Waals surface area contributed by atoms with Crippen LogP contribution >= 0.6 is 0 Å². The maximum absolute atomic E-state index is 13.7. The number of anilines is 1. The number of hydrogen-bond acceptors (Lipinski definition) is 4. The minimum atomic E-state index is -1.49. The number of carbonyl (C=O) groups excluding carboxylic acids is 2. The molecule has 1 aliphatic heterocycles. The fraction of sp³-hybridized carbons (Fsp3) is 0.481. The van der Waals surface area contributed by atoms with E-state index in [1.54, 1.807) is 0 Å². The van der Waals surface area contributed by atoms with Crippen LogP contribution in [0.5, 0.6) is 0 Å². The Labute approximate surface area is 194 Å². The molecule has 6 nitrogen and oxygen atoms in total. The molecule has 2 fully saturated rings. The highest BCUT2D eigenvalue weighted by molar-refractivity contribution is 6.07. The molecule has 33 heavy (non-hydrogen) atoms. The molecular weight excluding hydrogens is 416 g/mol. The fourth-order valence-electron chi connectivity index (χ4n) is 5.92. The number of nitrogens with zero attached hydrogens (tertiary/aromatic N) is 2. The van der Waals surface area contributed by atoms with Crippen molar-refractivity contribution >= 4 is 17.5 Å². The molecule has 0 saturated heterocycles. The van der Waals surface area contributed by atoms with Crippen LogP contribution in [0.25, 0.3) is 0 Å². The molecule has 174 valence electrons. The van der Waals surface area contributed by atoms with Gasteiger partial charge in [0.25, 0.3) is 5.91 Å². The van der Waals surface area contributed by atoms with E-state index in [0.29, 0.717) is 5.56 Å². The molecule has 0 spiro atoms. The first-order chi connectivity index (χ1) is 15.9. The SMILES string of the molecule is CC1(N(C(=O)CCC(O)O)C2c3ccccc3N(C(=O)c3ccccc3)C3CCCC32)CC1. The van der Waals surface area contributed by atoms with Crippen LogP contribution < -0.4 is 4.90 Å². The summed E-state index contributed by atoms with van der Waals surface area (Å²) < 4.78 is 0. The predicted molar refractivity (Wildman–Crippen MR) is 126 cm³/mol. The zero-order valence-electron chi connectivity index (χ0n) is 19.1. The quantitative estimate of drug-likeness (QED) is 0.654. The largest absolute Gasteiger partial charge is 0.368 e. The zero-order chi connectivity index (χ0) is 23.2. The maximum Gasteiger partial charge on any atom is 0.258 e. The third-order valence-corrected chi connectivity index (χ3v) is 7.74. The molecule has 3 unspecified atom stereocenters. The molecule has 2 N–H and O–H groups in total. The molecule has 5 rings (SSSR count). The van der Waals surface area contributed by atoms with Crippen molar-refractivity contribution in [2.24, 2.45) is 5.92 Å². The van der Waals surface area contributed by atoms with Gasteiger partial charge in [0.15, 0.2) is 6.29 Å². The molecule has 2 aromatic carbocycles. The molecule has 0 radical (unpaired) electrons. The smallest absolute Gasteiger partial charge is 0.258 e. The first kappa shape index (κ1) is 22.1. The number of aliphatic hydroxyl groups is 2. The van der Waals surface area contributed by atoms with E-state index in [-0.39, 0.29) is 48.2 Å². The third-order valence-electron chi connectivity index (χ3n) is 7.74. The number of carbonyl (C=O) groups is 2. The Hall–Kier alpha value is -2.70. The highest BCUT2D eigenvalue weighted by atomic mass is 16.5. The van der Waals surface area contributed by atoms with Crippen LogP contribution in [-0.4, -0.2) is 44.8 Å². The standard InChI is InChI=1S/C27H32N2O4/c1-27(16-17-27)29(23(30)14-15-24(31)32)25-19-10-5-6-12-21(19)28(22-13-7-11-20(22)25)26(33)18-8-3-2-4-9-18/h2-6,8-10,12,20,22,24-25,31-32H,7,11,13-17H2,1H3. The Morgan fingerprint density at radius 2 is 1.76 bits per heavy atom. The van der Waals surface area contributed by atoms with Crippen LogP contribution in [0.3, 0.4) is 0 Å². The number of amides is 2. The molecule has 2 amide bonds. The number of aliphatic hydroxyl groups excluding tert-OH is 1. The van der Waals surface area contributed by atoms with Gasteiger partial charge in [-0.25, -0.2) is 0 Å². The van der Waals surface area contributed by atoms with Crippen molar-refractivity contribution in [3.63, 3.8) is 0 Å². The van der Waals surface area contributed by atoms with Crippen molar-refractivity contribution < 1.29 is 19.8 Å². The second kappa shape index (κ2) is 8.58. The summed E-state index contributed by atoms with van der Waals surface area (Å²) in [6.07, 6.45) is 3.45. The molecule has 1 heterocycles. The lowest BCUT2D eigenvalue weighted by molar-refractivity contribution is -0.141. The summed E-state index contributed by atoms with van der Waals surface area (Å²) in [7, 11) is 0. The Balaban J connectivity index is 1.58. The topological polar surface area (TPSA) is 81.1 Å². The average Bonchev–Trinajstić information content (AvgIpc) is 3.37. The van der Waals surface area contributed by atoms with Gasteiger partial charge in [-0.1, -0.05) is 42.8 Å². The van der Waals surface area contributed by atoms with E-state index in [0.717, 1.165) is 43.4 Å². The summed E-state index contributed by atoms with van der Waals surface area (Å²) in [4.78, 5) is 31.2. The molecule has 0 aromatic heterocycles. The van der Waals surface area contributed by atoms with Gasteiger partial charge in [-0.05, 0) is 56.4 Å². The first-order valence-electron chi connectivity index (χ1n) is 12.1. The minimum absolute atomic E-state index is 0.0114. The maximum atomic E-state index is 13.7. The van der Waals surface area contributed by atoms with E-state index in [1.807, 2.05) is 58.3 Å². The molecule has 2 saturated carbocycles. The van der Waals surface area contributed by atoms with Gasteiger partial charge in [0.1, 0.15) is 0 Å². The summed E-state index contributed by atoms with van der Waals surface area (Å²) in [5.74, 6) is 0.140. The van der Waals surface area contributed by atoms with Crippen molar-refractivity contribution in [2.75, 3.05) is 4.90 Å². The van der Waals surface area contributed by atoms with E-state index in [2.05, 4.69) is 13.0 Å². The number of benzene rings is 2. The highest BCUT2D eigenvalue weighted by Gasteiger charge is 2.55. The highest BCUT2D eigenvalue weighted by Crippen LogP contribution is 2.55. The van der Waals surface area contributed by atoms with Crippen molar-refractivity contribution in [2.45, 2.75) is 75.8 Å². The van der Waals surface area contributed by atoms with Crippen molar-refractivity contribution in [3.8, 4) is 0 Å². The normalized spacial score (nSPS) is 24.8. The van der Waals surface area contributed by atoms with Crippen molar-refractivity contribution in [1.82, 2.24) is 4.90 Å². The Morgan fingerprint density at radius 3 is 2.45 bits per heavy atom. The van der Waals surface area contributed by atoms with E-state index < -0.39 is 6.29 Å². The summed E-state index contributed by atoms with van der Waals surface area (Å²) in [5, 5.41) is 18.7. The molecule has 2 aromatic rings. The summed E-state index contributed by atoms with van der Waals surface area (Å²) in [5.41, 5.74) is 2.38. The van der Waals surface area contributed by atoms with Gasteiger partial charge in [-0.2, -0.15) is 0 Å². The van der Waals surface area contributed by atoms with Crippen molar-refractivity contribution in [3.05, 3.63) is 65.7 Å². The number of para-hydroxylation sites is 1. The monoisotopic (exact) mass is 448 g/mol. The van der Waals surface area contributed by atoms with E-state index >= 15 is 0 Å². The van der Waals surface area contributed by atoms with Gasteiger partial charge in [-0.15, -0.1) is 0 Å². The number of rotatable bonds is 6. The van der Waals surface area contributed by atoms with Crippen LogP contribution in [0.1, 0.15) is 73.8 Å². The number of fused-ring (bicyclic) bond motifs is 2. The summed E-state index contributed by atoms with van der Waals surface area (Å²) in [6.45, 7) is 2.13. The van der Waals surface area contributed by atoms with E-state index in [1.165, 1.54) is 0 Å². The van der Waals surface area contributed by atoms with Crippen LogP contribution in [0.2, 0.25) is 0 Å². The fourth-order valence-corrected chi connectivity index (χ4v) is 5.92. The van der Waals surface area contributed by atoms with E-state index in [4.69, 9.17) is 0 Å². The molecule has 3 atom stereocenters. The van der Waals surface area contributed by atoms with Crippen molar-refractivity contribution in [1.29, 1.82) is 0 Å². The van der Waals surface area contributed by atoms with Gasteiger partial charge in [0, 0.05) is 41.6 Å². The zero-order valence-corrected chi connectivity index (χ0v) is 19.1. The Morgan fingerprint density at radius 1 is 1.06 bits per heavy atom. The van der Waals surface area contributed by atoms with Gasteiger partial charge >= 0.3 is 0 Å². The lowest BCUT2D eigenvalue weighted by Gasteiger charge is -2.49. The average molecular weight is 449 g/mol. The lowest BCUT2D eigenvalue weighted by atomic mass is 9.80. The molecule has 6 heteroatoms. The third kappa shape index (κ3) is 3.96. The van der Waals surface area contributed by atoms with Gasteiger partial charge < -0.3 is 20.0 Å². The van der Waals surface area contributed by atoms with E-state index in [9.17, 15) is 19.8 Å². The van der Waals surface area contributed by atoms with Gasteiger partial charge in [-0.3, -0.25) is 9.59 Å². The molecular formula is C27H32N2O4. The summed E-state index contributed by atoms with van der Waals surface area (Å²) in [6, 6.07) is 17.4. The predicted octanol–water partition coefficient (Wildman–Crippen LogP) is 4.03. The first-order valence-corrected chi connectivity index (χ1v) is 12.1. The Bertz CT molecular complexity index is 1030. The van der Waals surface area contributed by atoms with Crippen LogP contribution in [0.4, 0.5) is 5.69 Å². The minimum Gasteiger partial charge on any atom is -0.368 e. The van der Waals surface area contributed by atoms with Gasteiger partial charge in [0.05, 0.1) is 6.04 Å². The molecule has 0 bridgehead atoms. The summed E-state index contributed by atoms with van der Waals surface area (Å²) >= 11 is 0. The second-order valence-electron chi connectivity index (χ2n) is 9.99. The van der Waals surface area contributed by atoms with Crippen LogP contribution in [0.15, 0.2) is 54.6 Å². The lowest BCUT2D eigenvalue weighted by Crippen LogP contribution is -2.54. The molecule has 2 aliphatic carbocycles.